The first-order valence-corrected chi connectivity index (χ1v) is 17.0. The van der Waals surface area contributed by atoms with E-state index in [1.165, 1.54) is 48.5 Å². The highest BCUT2D eigenvalue weighted by atomic mass is 32.2. The predicted molar refractivity (Wildman–Crippen MR) is 187 cm³/mol. The number of aromatic amines is 1. The number of aryl methyl sites for hydroxylation is 2. The number of fused-ring (bicyclic) bond motifs is 1. The van der Waals surface area contributed by atoms with Crippen LogP contribution in [-0.2, 0) is 11.2 Å². The van der Waals surface area contributed by atoms with E-state index < -0.39 is 17.0 Å². The van der Waals surface area contributed by atoms with E-state index in [9.17, 15) is 13.4 Å². The smallest absolute Gasteiger partial charge is 0.219 e. The molecule has 6 N–H and O–H groups in total. The number of nitrogen functional groups attached to an aromatic ring is 1. The van der Waals surface area contributed by atoms with Crippen molar-refractivity contribution in [3.05, 3.63) is 89.1 Å². The molecule has 2 aromatic carbocycles. The van der Waals surface area contributed by atoms with Gasteiger partial charge in [-0.1, -0.05) is 39.3 Å². The van der Waals surface area contributed by atoms with Crippen LogP contribution in [0.4, 0.5) is 15.9 Å². The summed E-state index contributed by atoms with van der Waals surface area (Å²) in [4.78, 5) is 20.7. The summed E-state index contributed by atoms with van der Waals surface area (Å²) in [6.07, 6.45) is 7.27. The van der Waals surface area contributed by atoms with Crippen LogP contribution in [0.25, 0.3) is 16.6 Å². The number of ketones is 1. The predicted octanol–water partition coefficient (Wildman–Crippen LogP) is 6.52. The third-order valence-electron chi connectivity index (χ3n) is 9.04. The number of nitrogens with zero attached hydrogens (tertiary/aromatic N) is 3. The highest BCUT2D eigenvalue weighted by molar-refractivity contribution is 7.84. The molecule has 13 heteroatoms. The van der Waals surface area contributed by atoms with Crippen LogP contribution in [0, 0.1) is 31.0 Å². The summed E-state index contributed by atoms with van der Waals surface area (Å²) in [5.74, 6) is 0.414. The second kappa shape index (κ2) is 14.7. The van der Waals surface area contributed by atoms with Gasteiger partial charge in [0.25, 0.3) is 0 Å². The van der Waals surface area contributed by atoms with Crippen LogP contribution in [0.1, 0.15) is 67.2 Å². The van der Waals surface area contributed by atoms with E-state index in [-0.39, 0.29) is 41.9 Å². The Morgan fingerprint density at radius 2 is 1.92 bits per heavy atom. The number of nitrogens with one attached hydrogen (secondary N) is 3. The summed E-state index contributed by atoms with van der Waals surface area (Å²) in [5, 5.41) is 14.0. The number of ether oxygens (including phenoxy) is 1. The molecule has 0 aliphatic heterocycles. The lowest BCUT2D eigenvalue weighted by Gasteiger charge is -2.42. The fourth-order valence-electron chi connectivity index (χ4n) is 5.42. The SMILES string of the molecule is CC(C)C1(C)CCC1.Cc1cc2cc(C(=O)c3cnn(-c4cnc(Oc5ccccc5F)cc4C)c3N)[nH]c2cc1NS(=O)NCCO. The van der Waals surface area contributed by atoms with Gasteiger partial charge in [0.15, 0.2) is 22.7 Å². The van der Waals surface area contributed by atoms with Crippen LogP contribution in [0.3, 0.4) is 0 Å². The third kappa shape index (κ3) is 7.59. The second-order valence-electron chi connectivity index (χ2n) is 12.6. The normalized spacial score (nSPS) is 14.2. The monoisotopic (exact) mass is 675 g/mol. The zero-order valence-electron chi connectivity index (χ0n) is 27.8. The maximum atomic E-state index is 13.9. The van der Waals surface area contributed by atoms with Gasteiger partial charge in [-0.3, -0.25) is 9.52 Å². The van der Waals surface area contributed by atoms with Gasteiger partial charge in [-0.05, 0) is 79.5 Å². The molecule has 1 unspecified atom stereocenters. The van der Waals surface area contributed by atoms with Crippen LogP contribution >= 0.6 is 0 Å². The number of aromatic nitrogens is 4. The van der Waals surface area contributed by atoms with Crippen LogP contribution in [0.15, 0.2) is 60.9 Å². The third-order valence-corrected chi connectivity index (χ3v) is 9.91. The number of anilines is 2. The fraction of sp³-hybridized carbons (Fsp3) is 0.343. The number of nitrogens with two attached hydrogens (primary N) is 1. The standard InChI is InChI=1S/C27H26FN7O4S.C8H16/c1-15-9-17-11-22(33-21(17)12-20(15)34-40(38)32-7-8-36)26(37)18-13-31-35(27(18)29)23-14-30-25(10-16(23)2)39-24-6-4-3-5-19(24)28;1-7(2)8(3)5-4-6-8/h3-6,9-14,32-34,36H,7-8,29H2,1-2H3;7H,4-6H2,1-3H3. The molecule has 1 saturated carbocycles. The summed E-state index contributed by atoms with van der Waals surface area (Å²) in [6, 6.07) is 13.0. The van der Waals surface area contributed by atoms with Crippen molar-refractivity contribution in [3.8, 4) is 17.3 Å². The van der Waals surface area contributed by atoms with E-state index in [0.29, 0.717) is 28.1 Å². The van der Waals surface area contributed by atoms with Gasteiger partial charge < -0.3 is 20.6 Å². The number of pyridine rings is 1. The van der Waals surface area contributed by atoms with Gasteiger partial charge in [-0.2, -0.15) is 5.10 Å². The minimum Gasteiger partial charge on any atom is -0.436 e. The van der Waals surface area contributed by atoms with Crippen molar-refractivity contribution < 1.29 is 23.2 Å². The van der Waals surface area contributed by atoms with E-state index in [1.807, 2.05) is 13.0 Å². The van der Waals surface area contributed by atoms with Gasteiger partial charge in [0.05, 0.1) is 41.6 Å². The number of H-pyrrole nitrogens is 1. The van der Waals surface area contributed by atoms with Crippen LogP contribution in [0.2, 0.25) is 0 Å². The van der Waals surface area contributed by atoms with Crippen molar-refractivity contribution in [1.82, 2.24) is 24.5 Å². The Morgan fingerprint density at radius 1 is 1.17 bits per heavy atom. The number of aliphatic hydroxyl groups is 1. The Balaban J connectivity index is 0.000000494. The molecule has 1 aliphatic rings. The fourth-order valence-corrected chi connectivity index (χ4v) is 6.19. The van der Waals surface area contributed by atoms with Crippen molar-refractivity contribution in [2.24, 2.45) is 11.3 Å². The molecule has 0 radical (unpaired) electrons. The van der Waals surface area contributed by atoms with Gasteiger partial charge in [0.1, 0.15) is 5.82 Å². The van der Waals surface area contributed by atoms with Crippen LogP contribution < -0.4 is 19.9 Å². The molecule has 1 fully saturated rings. The van der Waals surface area contributed by atoms with Crippen molar-refractivity contribution >= 4 is 39.4 Å². The molecule has 1 atom stereocenters. The zero-order valence-corrected chi connectivity index (χ0v) is 28.6. The van der Waals surface area contributed by atoms with E-state index >= 15 is 0 Å². The Labute approximate surface area is 281 Å². The van der Waals surface area contributed by atoms with Gasteiger partial charge in [-0.15, -0.1) is 0 Å². The summed E-state index contributed by atoms with van der Waals surface area (Å²) in [6.45, 7) is 10.8. The molecule has 11 nitrogen and oxygen atoms in total. The van der Waals surface area contributed by atoms with Crippen molar-refractivity contribution in [1.29, 1.82) is 0 Å². The molecular formula is C35H42FN7O4S. The van der Waals surface area contributed by atoms with Gasteiger partial charge in [-0.25, -0.2) is 23.0 Å². The van der Waals surface area contributed by atoms with Crippen molar-refractivity contribution in [2.45, 2.75) is 53.9 Å². The summed E-state index contributed by atoms with van der Waals surface area (Å²) in [7, 11) is 0. The average Bonchev–Trinajstić information content (AvgIpc) is 3.63. The highest BCUT2D eigenvalue weighted by Crippen LogP contribution is 2.46. The average molecular weight is 676 g/mol. The quantitative estimate of drug-likeness (QED) is 0.0997. The largest absolute Gasteiger partial charge is 0.436 e. The number of hydrogen-bond donors (Lipinski definition) is 5. The number of aliphatic hydroxyl groups excluding tert-OH is 1. The topological polar surface area (TPSA) is 160 Å². The maximum absolute atomic E-state index is 13.9. The van der Waals surface area contributed by atoms with Crippen LogP contribution in [-0.4, -0.2) is 48.0 Å². The highest BCUT2D eigenvalue weighted by Gasteiger charge is 2.34. The Kier molecular flexibility index (Phi) is 10.6. The van der Waals surface area contributed by atoms with E-state index in [2.05, 4.69) is 45.3 Å². The molecule has 0 amide bonds. The number of hydrogen-bond acceptors (Lipinski definition) is 7. The molecule has 6 rings (SSSR count). The van der Waals surface area contributed by atoms with Crippen molar-refractivity contribution in [3.63, 3.8) is 0 Å². The Bertz CT molecular complexity index is 1950. The van der Waals surface area contributed by atoms with Crippen molar-refractivity contribution in [2.75, 3.05) is 23.6 Å². The summed E-state index contributed by atoms with van der Waals surface area (Å²) in [5.41, 5.74) is 10.9. The number of benzene rings is 2. The lowest BCUT2D eigenvalue weighted by molar-refractivity contribution is 0.0934. The van der Waals surface area contributed by atoms with Gasteiger partial charge in [0, 0.05) is 23.5 Å². The Morgan fingerprint density at radius 3 is 2.54 bits per heavy atom. The molecule has 0 bridgehead atoms. The molecule has 5 aromatic rings. The molecule has 3 heterocycles. The molecule has 254 valence electrons. The zero-order chi connectivity index (χ0) is 34.6. The number of carbonyl (C=O) groups is 1. The van der Waals surface area contributed by atoms with E-state index in [0.717, 1.165) is 22.3 Å². The molecule has 3 aromatic heterocycles. The Hall–Kier alpha value is -4.59. The first kappa shape index (κ1) is 34.7. The maximum Gasteiger partial charge on any atom is 0.219 e. The molecule has 1 aliphatic carbocycles. The van der Waals surface area contributed by atoms with Crippen LogP contribution in [0.5, 0.6) is 11.6 Å². The molecule has 0 spiro atoms. The first-order valence-electron chi connectivity index (χ1n) is 15.8. The number of rotatable bonds is 11. The summed E-state index contributed by atoms with van der Waals surface area (Å²) >= 11 is -1.59. The van der Waals surface area contributed by atoms with E-state index in [1.54, 1.807) is 37.3 Å². The molecule has 48 heavy (non-hydrogen) atoms. The van der Waals surface area contributed by atoms with Gasteiger partial charge >= 0.3 is 0 Å². The van der Waals surface area contributed by atoms with Gasteiger partial charge in [0.2, 0.25) is 11.7 Å². The minimum atomic E-state index is -1.59. The first-order chi connectivity index (χ1) is 22.9. The summed E-state index contributed by atoms with van der Waals surface area (Å²) < 4.78 is 38.5. The minimum absolute atomic E-state index is 0.0525. The molecule has 0 saturated heterocycles. The lowest BCUT2D eigenvalue weighted by atomic mass is 9.64. The lowest BCUT2D eigenvalue weighted by Crippen LogP contribution is -2.30. The number of carbonyl (C=O) groups excluding carboxylic acids is 1. The second-order valence-corrected chi connectivity index (χ2v) is 13.6. The number of para-hydroxylation sites is 1. The van der Waals surface area contributed by atoms with E-state index in [4.69, 9.17) is 15.6 Å². The number of halogens is 1. The molecular weight excluding hydrogens is 633 g/mol.